The van der Waals surface area contributed by atoms with Gasteiger partial charge in [-0.1, -0.05) is 43.3 Å². The third-order valence-electron chi connectivity index (χ3n) is 5.91. The van der Waals surface area contributed by atoms with Gasteiger partial charge in [-0.3, -0.25) is 9.59 Å². The van der Waals surface area contributed by atoms with Crippen LogP contribution in [0.4, 0.5) is 11.4 Å². The Balaban J connectivity index is 1.44. The lowest BCUT2D eigenvalue weighted by atomic mass is 10.1. The largest absolute Gasteiger partial charge is 0.326 e. The van der Waals surface area contributed by atoms with Gasteiger partial charge in [-0.2, -0.15) is 0 Å². The number of carbonyl (C=O) groups is 2. The average molecular weight is 452 g/mol. The van der Waals surface area contributed by atoms with Crippen molar-refractivity contribution in [1.82, 2.24) is 14.5 Å². The van der Waals surface area contributed by atoms with E-state index in [-0.39, 0.29) is 18.2 Å². The molecule has 2 N–H and O–H groups in total. The second-order valence-corrected chi connectivity index (χ2v) is 8.26. The van der Waals surface area contributed by atoms with Gasteiger partial charge in [0.25, 0.3) is 0 Å². The molecule has 2 aromatic heterocycles. The normalized spacial score (nSPS) is 11.2. The molecular formula is C27H25N5O2. The van der Waals surface area contributed by atoms with Crippen molar-refractivity contribution in [3.05, 3.63) is 72.3 Å². The predicted octanol–water partition coefficient (Wildman–Crippen LogP) is 5.29. The lowest BCUT2D eigenvalue weighted by Gasteiger charge is -2.13. The summed E-state index contributed by atoms with van der Waals surface area (Å²) in [7, 11) is 0. The van der Waals surface area contributed by atoms with E-state index in [4.69, 9.17) is 9.97 Å². The number of rotatable bonds is 6. The molecule has 0 bridgehead atoms. The molecule has 0 fully saturated rings. The third kappa shape index (κ3) is 4.08. The van der Waals surface area contributed by atoms with Gasteiger partial charge in [-0.15, -0.1) is 0 Å². The molecule has 2 amide bonds. The Morgan fingerprint density at radius 1 is 0.912 bits per heavy atom. The molecular weight excluding hydrogens is 426 g/mol. The lowest BCUT2D eigenvalue weighted by Crippen LogP contribution is -2.16. The highest BCUT2D eigenvalue weighted by atomic mass is 16.2. The number of benzene rings is 3. The van der Waals surface area contributed by atoms with E-state index in [0.29, 0.717) is 17.9 Å². The minimum atomic E-state index is -0.151. The van der Waals surface area contributed by atoms with Crippen LogP contribution in [-0.2, 0) is 22.6 Å². The van der Waals surface area contributed by atoms with Crippen molar-refractivity contribution in [3.8, 4) is 0 Å². The highest BCUT2D eigenvalue weighted by molar-refractivity contribution is 6.06. The van der Waals surface area contributed by atoms with E-state index in [9.17, 15) is 9.59 Å². The molecule has 3 aromatic carbocycles. The topological polar surface area (TPSA) is 88.9 Å². The SMILES string of the molecule is CCc1ccc(NC(C)=O)cc1NC(=O)CCn1c2ccccc2c2nc3ccccc3nc21. The smallest absolute Gasteiger partial charge is 0.226 e. The Morgan fingerprint density at radius 2 is 1.65 bits per heavy atom. The second kappa shape index (κ2) is 8.94. The van der Waals surface area contributed by atoms with Gasteiger partial charge in [0.1, 0.15) is 5.52 Å². The van der Waals surface area contributed by atoms with Crippen LogP contribution in [0.2, 0.25) is 0 Å². The number of carbonyl (C=O) groups excluding carboxylic acids is 2. The number of fused-ring (bicyclic) bond motifs is 4. The summed E-state index contributed by atoms with van der Waals surface area (Å²) in [5.41, 5.74) is 6.67. The van der Waals surface area contributed by atoms with Crippen molar-refractivity contribution in [3.63, 3.8) is 0 Å². The van der Waals surface area contributed by atoms with Crippen LogP contribution in [0.15, 0.2) is 66.7 Å². The van der Waals surface area contributed by atoms with Crippen LogP contribution in [0.25, 0.3) is 33.1 Å². The Kier molecular flexibility index (Phi) is 5.67. The van der Waals surface area contributed by atoms with Gasteiger partial charge >= 0.3 is 0 Å². The maximum atomic E-state index is 12.9. The fourth-order valence-electron chi connectivity index (χ4n) is 4.32. The van der Waals surface area contributed by atoms with Crippen LogP contribution < -0.4 is 10.6 Å². The zero-order valence-corrected chi connectivity index (χ0v) is 19.1. The van der Waals surface area contributed by atoms with E-state index >= 15 is 0 Å². The highest BCUT2D eigenvalue weighted by Crippen LogP contribution is 2.28. The molecule has 7 nitrogen and oxygen atoms in total. The molecule has 0 radical (unpaired) electrons. The summed E-state index contributed by atoms with van der Waals surface area (Å²) in [4.78, 5) is 34.1. The Labute approximate surface area is 196 Å². The third-order valence-corrected chi connectivity index (χ3v) is 5.91. The monoisotopic (exact) mass is 451 g/mol. The Morgan fingerprint density at radius 3 is 2.41 bits per heavy atom. The minimum absolute atomic E-state index is 0.102. The summed E-state index contributed by atoms with van der Waals surface area (Å²) in [6.45, 7) is 3.96. The van der Waals surface area contributed by atoms with E-state index in [1.807, 2.05) is 67.6 Å². The van der Waals surface area contributed by atoms with E-state index in [1.165, 1.54) is 6.92 Å². The maximum absolute atomic E-state index is 12.9. The number of aromatic nitrogens is 3. The van der Waals surface area contributed by atoms with Crippen LogP contribution in [-0.4, -0.2) is 26.3 Å². The van der Waals surface area contributed by atoms with Gasteiger partial charge in [0.2, 0.25) is 11.8 Å². The van der Waals surface area contributed by atoms with Crippen molar-refractivity contribution < 1.29 is 9.59 Å². The van der Waals surface area contributed by atoms with Gasteiger partial charge in [-0.05, 0) is 42.3 Å². The van der Waals surface area contributed by atoms with Crippen LogP contribution in [0, 0.1) is 0 Å². The van der Waals surface area contributed by atoms with Gasteiger partial charge in [0.05, 0.1) is 16.6 Å². The summed E-state index contributed by atoms with van der Waals surface area (Å²) >= 11 is 0. The van der Waals surface area contributed by atoms with Crippen LogP contribution in [0.1, 0.15) is 25.8 Å². The van der Waals surface area contributed by atoms with Gasteiger partial charge in [0, 0.05) is 36.7 Å². The number of para-hydroxylation sites is 3. The lowest BCUT2D eigenvalue weighted by molar-refractivity contribution is -0.116. The molecule has 0 spiro atoms. The summed E-state index contributed by atoms with van der Waals surface area (Å²) in [5.74, 6) is -0.254. The van der Waals surface area contributed by atoms with Gasteiger partial charge < -0.3 is 15.2 Å². The quantitative estimate of drug-likeness (QED) is 0.367. The molecule has 2 heterocycles. The number of nitrogens with one attached hydrogen (secondary N) is 2. The van der Waals surface area contributed by atoms with Crippen LogP contribution >= 0.6 is 0 Å². The van der Waals surface area contributed by atoms with E-state index < -0.39 is 0 Å². The first-order chi connectivity index (χ1) is 16.5. The zero-order valence-electron chi connectivity index (χ0n) is 19.1. The summed E-state index contributed by atoms with van der Waals surface area (Å²) in [6, 6.07) is 21.4. The van der Waals surface area contributed by atoms with Crippen LogP contribution in [0.5, 0.6) is 0 Å². The van der Waals surface area contributed by atoms with Crippen molar-refractivity contribution in [2.24, 2.45) is 0 Å². The summed E-state index contributed by atoms with van der Waals surface area (Å²) in [6.07, 6.45) is 1.04. The number of anilines is 2. The fraction of sp³-hybridized carbons (Fsp3) is 0.185. The van der Waals surface area contributed by atoms with Crippen LogP contribution in [0.3, 0.4) is 0 Å². The fourth-order valence-corrected chi connectivity index (χ4v) is 4.32. The molecule has 34 heavy (non-hydrogen) atoms. The van der Waals surface area contributed by atoms with Crippen molar-refractivity contribution in [1.29, 1.82) is 0 Å². The summed E-state index contributed by atoms with van der Waals surface area (Å²) < 4.78 is 2.07. The average Bonchev–Trinajstić information content (AvgIpc) is 3.13. The number of nitrogens with zero attached hydrogens (tertiary/aromatic N) is 3. The van der Waals surface area contributed by atoms with E-state index in [0.717, 1.165) is 45.1 Å². The number of hydrogen-bond acceptors (Lipinski definition) is 4. The van der Waals surface area contributed by atoms with Gasteiger partial charge in [0.15, 0.2) is 5.65 Å². The molecule has 0 aliphatic heterocycles. The zero-order chi connectivity index (χ0) is 23.7. The first kappa shape index (κ1) is 21.6. The number of hydrogen-bond donors (Lipinski definition) is 2. The Hall–Kier alpha value is -4.26. The van der Waals surface area contributed by atoms with Crippen molar-refractivity contribution in [2.75, 3.05) is 10.6 Å². The molecule has 0 aliphatic rings. The molecule has 170 valence electrons. The molecule has 0 saturated carbocycles. The van der Waals surface area contributed by atoms with Crippen molar-refractivity contribution in [2.45, 2.75) is 33.2 Å². The molecule has 5 aromatic rings. The molecule has 5 rings (SSSR count). The van der Waals surface area contributed by atoms with E-state index in [2.05, 4.69) is 15.2 Å². The molecule has 0 aliphatic carbocycles. The van der Waals surface area contributed by atoms with E-state index in [1.54, 1.807) is 6.07 Å². The molecule has 0 saturated heterocycles. The molecule has 0 unspecified atom stereocenters. The van der Waals surface area contributed by atoms with Crippen molar-refractivity contribution >= 4 is 56.3 Å². The highest BCUT2D eigenvalue weighted by Gasteiger charge is 2.16. The predicted molar refractivity (Wildman–Crippen MR) is 136 cm³/mol. The number of amides is 2. The molecule has 7 heteroatoms. The first-order valence-corrected chi connectivity index (χ1v) is 11.4. The number of aryl methyl sites for hydroxylation is 2. The molecule has 0 atom stereocenters. The van der Waals surface area contributed by atoms with Gasteiger partial charge in [-0.25, -0.2) is 9.97 Å². The minimum Gasteiger partial charge on any atom is -0.326 e. The summed E-state index contributed by atoms with van der Waals surface area (Å²) in [5, 5.41) is 6.81. The second-order valence-electron chi connectivity index (χ2n) is 8.26. The first-order valence-electron chi connectivity index (χ1n) is 11.4. The maximum Gasteiger partial charge on any atom is 0.226 e. The standard InChI is InChI=1S/C27H25N5O2/c1-3-18-12-13-19(28-17(2)33)16-23(18)29-25(34)14-15-32-24-11-7-4-8-20(24)26-27(32)31-22-10-6-5-9-21(22)30-26/h4-13,16H,3,14-15H2,1-2H3,(H,28,33)(H,29,34). The Bertz CT molecular complexity index is 1550.